The summed E-state index contributed by atoms with van der Waals surface area (Å²) in [6, 6.07) is 1.49. The van der Waals surface area contributed by atoms with E-state index in [9.17, 15) is 0 Å². The van der Waals surface area contributed by atoms with Crippen molar-refractivity contribution in [1.29, 1.82) is 0 Å². The van der Waals surface area contributed by atoms with Crippen molar-refractivity contribution in [2.75, 3.05) is 19.6 Å². The van der Waals surface area contributed by atoms with E-state index >= 15 is 0 Å². The second-order valence-electron chi connectivity index (χ2n) is 6.33. The first-order valence-electron chi connectivity index (χ1n) is 7.68. The maximum atomic E-state index is 3.76. The van der Waals surface area contributed by atoms with Crippen LogP contribution in [0.25, 0.3) is 0 Å². The lowest BCUT2D eigenvalue weighted by Crippen LogP contribution is -2.45. The highest BCUT2D eigenvalue weighted by molar-refractivity contribution is 4.86. The molecule has 17 heavy (non-hydrogen) atoms. The molecule has 1 saturated heterocycles. The van der Waals surface area contributed by atoms with Crippen molar-refractivity contribution in [1.82, 2.24) is 10.2 Å². The van der Waals surface area contributed by atoms with Gasteiger partial charge in [-0.2, -0.15) is 0 Å². The largest absolute Gasteiger partial charge is 0.312 e. The molecule has 0 radical (unpaired) electrons. The molecule has 1 aliphatic carbocycles. The molecule has 0 spiro atoms. The van der Waals surface area contributed by atoms with Gasteiger partial charge in [-0.15, -0.1) is 0 Å². The maximum absolute atomic E-state index is 3.76. The predicted molar refractivity (Wildman–Crippen MR) is 74.2 cm³/mol. The quantitative estimate of drug-likeness (QED) is 0.810. The summed E-state index contributed by atoms with van der Waals surface area (Å²) in [7, 11) is 0. The minimum atomic E-state index is 0.713. The first-order valence-corrected chi connectivity index (χ1v) is 7.68. The third-order valence-corrected chi connectivity index (χ3v) is 5.07. The highest BCUT2D eigenvalue weighted by Crippen LogP contribution is 2.28. The van der Waals surface area contributed by atoms with Gasteiger partial charge in [0, 0.05) is 25.2 Å². The molecule has 0 aromatic rings. The summed E-state index contributed by atoms with van der Waals surface area (Å²) >= 11 is 0. The zero-order chi connectivity index (χ0) is 12.3. The number of nitrogens with zero attached hydrogens (tertiary/aromatic N) is 1. The molecular weight excluding hydrogens is 208 g/mol. The SMILES string of the molecule is CCC(C)C1CN(CC2CCC2)C(C)CCN1. The third kappa shape index (κ3) is 3.45. The molecule has 2 heteroatoms. The fourth-order valence-electron chi connectivity index (χ4n) is 3.08. The van der Waals surface area contributed by atoms with Crippen LogP contribution in [0.5, 0.6) is 0 Å². The first kappa shape index (κ1) is 13.4. The standard InChI is InChI=1S/C15H30N2/c1-4-12(2)15-11-17(10-14-6-5-7-14)13(3)8-9-16-15/h12-16H,4-11H2,1-3H3. The Morgan fingerprint density at radius 2 is 2.06 bits per heavy atom. The van der Waals surface area contributed by atoms with Gasteiger partial charge in [0.2, 0.25) is 0 Å². The molecule has 3 atom stereocenters. The van der Waals surface area contributed by atoms with Gasteiger partial charge >= 0.3 is 0 Å². The van der Waals surface area contributed by atoms with Gasteiger partial charge in [-0.1, -0.05) is 26.7 Å². The number of hydrogen-bond donors (Lipinski definition) is 1. The average molecular weight is 238 g/mol. The molecule has 2 aliphatic rings. The Morgan fingerprint density at radius 1 is 1.29 bits per heavy atom. The van der Waals surface area contributed by atoms with Crippen LogP contribution in [0.2, 0.25) is 0 Å². The summed E-state index contributed by atoms with van der Waals surface area (Å²) in [5.74, 6) is 1.82. The summed E-state index contributed by atoms with van der Waals surface area (Å²) < 4.78 is 0. The van der Waals surface area contributed by atoms with Gasteiger partial charge in [-0.25, -0.2) is 0 Å². The van der Waals surface area contributed by atoms with Crippen LogP contribution in [0.1, 0.15) is 52.9 Å². The van der Waals surface area contributed by atoms with Crippen molar-refractivity contribution >= 4 is 0 Å². The monoisotopic (exact) mass is 238 g/mol. The Hall–Kier alpha value is -0.0800. The summed E-state index contributed by atoms with van der Waals surface area (Å²) in [6.07, 6.45) is 7.04. The van der Waals surface area contributed by atoms with Crippen LogP contribution in [-0.2, 0) is 0 Å². The summed E-state index contributed by atoms with van der Waals surface area (Å²) in [4.78, 5) is 2.76. The van der Waals surface area contributed by atoms with Gasteiger partial charge in [-0.05, 0) is 44.6 Å². The van der Waals surface area contributed by atoms with E-state index in [0.717, 1.165) is 17.9 Å². The van der Waals surface area contributed by atoms with Crippen molar-refractivity contribution in [3.63, 3.8) is 0 Å². The van der Waals surface area contributed by atoms with Gasteiger partial charge in [-0.3, -0.25) is 4.90 Å². The summed E-state index contributed by atoms with van der Waals surface area (Å²) in [6.45, 7) is 11.0. The highest BCUT2D eigenvalue weighted by Gasteiger charge is 2.28. The van der Waals surface area contributed by atoms with Crippen molar-refractivity contribution in [2.24, 2.45) is 11.8 Å². The Bertz CT molecular complexity index is 225. The molecule has 2 rings (SSSR count). The highest BCUT2D eigenvalue weighted by atomic mass is 15.2. The van der Waals surface area contributed by atoms with E-state index in [1.54, 1.807) is 0 Å². The van der Waals surface area contributed by atoms with Crippen LogP contribution in [0, 0.1) is 11.8 Å². The fourth-order valence-corrected chi connectivity index (χ4v) is 3.08. The second-order valence-corrected chi connectivity index (χ2v) is 6.33. The first-order chi connectivity index (χ1) is 8.20. The Kier molecular flexibility index (Phi) is 4.87. The Balaban J connectivity index is 1.90. The van der Waals surface area contributed by atoms with E-state index in [0.29, 0.717) is 6.04 Å². The van der Waals surface area contributed by atoms with Gasteiger partial charge in [0.25, 0.3) is 0 Å². The summed E-state index contributed by atoms with van der Waals surface area (Å²) in [5, 5.41) is 3.76. The molecule has 0 amide bonds. The molecule has 1 N–H and O–H groups in total. The number of nitrogens with one attached hydrogen (secondary N) is 1. The molecule has 0 bridgehead atoms. The topological polar surface area (TPSA) is 15.3 Å². The Morgan fingerprint density at radius 3 is 2.65 bits per heavy atom. The minimum Gasteiger partial charge on any atom is -0.312 e. The van der Waals surface area contributed by atoms with E-state index in [-0.39, 0.29) is 0 Å². The van der Waals surface area contributed by atoms with Crippen molar-refractivity contribution < 1.29 is 0 Å². The van der Waals surface area contributed by atoms with E-state index in [1.807, 2.05) is 0 Å². The lowest BCUT2D eigenvalue weighted by Gasteiger charge is -2.37. The van der Waals surface area contributed by atoms with Crippen LogP contribution in [-0.4, -0.2) is 36.6 Å². The molecule has 1 heterocycles. The lowest BCUT2D eigenvalue weighted by molar-refractivity contribution is 0.129. The molecule has 2 fully saturated rings. The summed E-state index contributed by atoms with van der Waals surface area (Å²) in [5.41, 5.74) is 0. The smallest absolute Gasteiger partial charge is 0.0220 e. The van der Waals surface area contributed by atoms with E-state index in [4.69, 9.17) is 0 Å². The van der Waals surface area contributed by atoms with Gasteiger partial charge < -0.3 is 5.32 Å². The predicted octanol–water partition coefficient (Wildman–Crippen LogP) is 2.89. The van der Waals surface area contributed by atoms with E-state index in [1.165, 1.54) is 51.7 Å². The van der Waals surface area contributed by atoms with Crippen molar-refractivity contribution in [3.8, 4) is 0 Å². The van der Waals surface area contributed by atoms with Crippen LogP contribution in [0.4, 0.5) is 0 Å². The maximum Gasteiger partial charge on any atom is 0.0220 e. The normalized spacial score (nSPS) is 34.1. The minimum absolute atomic E-state index is 0.713. The second kappa shape index (κ2) is 6.19. The molecule has 0 aromatic carbocycles. The van der Waals surface area contributed by atoms with Crippen molar-refractivity contribution in [3.05, 3.63) is 0 Å². The molecule has 100 valence electrons. The molecule has 0 aromatic heterocycles. The number of rotatable bonds is 4. The van der Waals surface area contributed by atoms with E-state index < -0.39 is 0 Å². The fraction of sp³-hybridized carbons (Fsp3) is 1.00. The van der Waals surface area contributed by atoms with Crippen LogP contribution >= 0.6 is 0 Å². The molecule has 3 unspecified atom stereocenters. The van der Waals surface area contributed by atoms with Crippen LogP contribution < -0.4 is 5.32 Å². The molecule has 2 nitrogen and oxygen atoms in total. The Labute approximate surface area is 107 Å². The molecule has 1 saturated carbocycles. The molecule has 1 aliphatic heterocycles. The van der Waals surface area contributed by atoms with Crippen LogP contribution in [0.3, 0.4) is 0 Å². The van der Waals surface area contributed by atoms with Gasteiger partial charge in [0.05, 0.1) is 0 Å². The van der Waals surface area contributed by atoms with Gasteiger partial charge in [0.15, 0.2) is 0 Å². The lowest BCUT2D eigenvalue weighted by atomic mass is 9.84. The van der Waals surface area contributed by atoms with E-state index in [2.05, 4.69) is 31.0 Å². The zero-order valence-corrected chi connectivity index (χ0v) is 11.9. The average Bonchev–Trinajstić information content (AvgIpc) is 2.45. The number of hydrogen-bond acceptors (Lipinski definition) is 2. The zero-order valence-electron chi connectivity index (χ0n) is 11.9. The third-order valence-electron chi connectivity index (χ3n) is 5.07. The molecular formula is C15H30N2. The van der Waals surface area contributed by atoms with Gasteiger partial charge in [0.1, 0.15) is 0 Å². The van der Waals surface area contributed by atoms with Crippen molar-refractivity contribution in [2.45, 2.75) is 65.0 Å². The van der Waals surface area contributed by atoms with Crippen LogP contribution in [0.15, 0.2) is 0 Å².